The quantitative estimate of drug-likeness (QED) is 0.719. The topological polar surface area (TPSA) is 79.2 Å². The lowest BCUT2D eigenvalue weighted by molar-refractivity contribution is 0.0591. The molecule has 3 N–H and O–H groups in total. The van der Waals surface area contributed by atoms with E-state index < -0.39 is 5.60 Å². The number of aliphatic hydroxyl groups is 1. The third-order valence-corrected chi connectivity index (χ3v) is 4.73. The molecular formula is C19H26N4O2. The van der Waals surface area contributed by atoms with Crippen LogP contribution in [0, 0.1) is 5.92 Å². The van der Waals surface area contributed by atoms with E-state index in [0.29, 0.717) is 11.5 Å². The molecule has 0 unspecified atom stereocenters. The summed E-state index contributed by atoms with van der Waals surface area (Å²) in [5.74, 6) is 0.546. The Morgan fingerprint density at radius 3 is 2.72 bits per heavy atom. The van der Waals surface area contributed by atoms with E-state index >= 15 is 0 Å². The molecular weight excluding hydrogens is 316 g/mol. The Kier molecular flexibility index (Phi) is 5.08. The van der Waals surface area contributed by atoms with Crippen molar-refractivity contribution >= 4 is 6.03 Å². The fourth-order valence-corrected chi connectivity index (χ4v) is 2.98. The summed E-state index contributed by atoms with van der Waals surface area (Å²) in [6, 6.07) is 10.1. The maximum absolute atomic E-state index is 12.3. The smallest absolute Gasteiger partial charge is 0.315 e. The predicted octanol–water partition coefficient (Wildman–Crippen LogP) is 1.95. The number of nitrogens with zero attached hydrogens (tertiary/aromatic N) is 2. The molecule has 25 heavy (non-hydrogen) atoms. The van der Waals surface area contributed by atoms with Gasteiger partial charge in [-0.05, 0) is 37.7 Å². The minimum Gasteiger partial charge on any atom is -0.383 e. The largest absolute Gasteiger partial charge is 0.383 e. The number of urea groups is 1. The van der Waals surface area contributed by atoms with Crippen molar-refractivity contribution in [3.8, 4) is 0 Å². The van der Waals surface area contributed by atoms with E-state index in [0.717, 1.165) is 19.3 Å². The average Bonchev–Trinajstić information content (AvgIpc) is 3.34. The van der Waals surface area contributed by atoms with Crippen molar-refractivity contribution < 1.29 is 9.90 Å². The maximum atomic E-state index is 12.3. The van der Waals surface area contributed by atoms with Gasteiger partial charge in [0.1, 0.15) is 5.60 Å². The summed E-state index contributed by atoms with van der Waals surface area (Å²) in [4.78, 5) is 12.3. The molecule has 1 aromatic heterocycles. The first-order valence-electron chi connectivity index (χ1n) is 8.74. The van der Waals surface area contributed by atoms with Crippen LogP contribution in [0.25, 0.3) is 0 Å². The van der Waals surface area contributed by atoms with E-state index in [1.165, 1.54) is 5.56 Å². The van der Waals surface area contributed by atoms with Crippen molar-refractivity contribution in [2.75, 3.05) is 6.54 Å². The number of carbonyl (C=O) groups is 1. The minimum absolute atomic E-state index is 0.130. The summed E-state index contributed by atoms with van der Waals surface area (Å²) < 4.78 is 1.63. The third-order valence-electron chi connectivity index (χ3n) is 4.73. The second-order valence-corrected chi connectivity index (χ2v) is 7.14. The third kappa shape index (κ3) is 4.82. The number of benzene rings is 1. The van der Waals surface area contributed by atoms with E-state index in [9.17, 15) is 9.90 Å². The van der Waals surface area contributed by atoms with Gasteiger partial charge in [-0.1, -0.05) is 30.3 Å². The lowest BCUT2D eigenvalue weighted by atomic mass is 10.00. The minimum atomic E-state index is -1.15. The molecule has 3 rings (SSSR count). The van der Waals surface area contributed by atoms with Crippen LogP contribution in [0.2, 0.25) is 0 Å². The molecule has 1 aliphatic carbocycles. The van der Waals surface area contributed by atoms with Crippen LogP contribution < -0.4 is 10.6 Å². The van der Waals surface area contributed by atoms with E-state index in [1.54, 1.807) is 31.0 Å². The Bertz CT molecular complexity index is 707. The fourth-order valence-electron chi connectivity index (χ4n) is 2.98. The second-order valence-electron chi connectivity index (χ2n) is 7.14. The van der Waals surface area contributed by atoms with Crippen LogP contribution >= 0.6 is 0 Å². The van der Waals surface area contributed by atoms with Crippen molar-refractivity contribution in [2.45, 2.75) is 37.8 Å². The Hall–Kier alpha value is -2.34. The number of rotatable bonds is 7. The molecule has 1 fully saturated rings. The number of carbonyl (C=O) groups excluding carboxylic acids is 1. The van der Waals surface area contributed by atoms with E-state index in [-0.39, 0.29) is 18.6 Å². The first-order chi connectivity index (χ1) is 11.9. The summed E-state index contributed by atoms with van der Waals surface area (Å²) in [5, 5.41) is 20.5. The Labute approximate surface area is 148 Å². The molecule has 134 valence electrons. The Morgan fingerprint density at radius 2 is 2.12 bits per heavy atom. The predicted molar refractivity (Wildman–Crippen MR) is 96.0 cm³/mol. The molecule has 0 spiro atoms. The monoisotopic (exact) mass is 342 g/mol. The van der Waals surface area contributed by atoms with Crippen LogP contribution in [0.5, 0.6) is 0 Å². The molecule has 6 nitrogen and oxygen atoms in total. The number of amides is 2. The van der Waals surface area contributed by atoms with Gasteiger partial charge in [-0.2, -0.15) is 5.10 Å². The SMILES string of the molecule is Cn1cc([C@@](C)(O)CNC(=O)N[C@H](Cc2ccccc2)C2CC2)cn1. The number of aryl methyl sites for hydroxylation is 1. The van der Waals surface area contributed by atoms with Crippen molar-refractivity contribution in [3.63, 3.8) is 0 Å². The second kappa shape index (κ2) is 7.27. The summed E-state index contributed by atoms with van der Waals surface area (Å²) in [6.07, 6.45) is 6.51. The highest BCUT2D eigenvalue weighted by Crippen LogP contribution is 2.34. The van der Waals surface area contributed by atoms with Crippen molar-refractivity contribution in [1.82, 2.24) is 20.4 Å². The van der Waals surface area contributed by atoms with Crippen LogP contribution in [0.4, 0.5) is 4.79 Å². The highest BCUT2D eigenvalue weighted by molar-refractivity contribution is 5.74. The molecule has 0 radical (unpaired) electrons. The van der Waals surface area contributed by atoms with Crippen LogP contribution in [0.1, 0.15) is 30.9 Å². The van der Waals surface area contributed by atoms with Crippen LogP contribution in [0.15, 0.2) is 42.7 Å². The van der Waals surface area contributed by atoms with E-state index in [2.05, 4.69) is 27.9 Å². The first-order valence-corrected chi connectivity index (χ1v) is 8.74. The zero-order valence-electron chi connectivity index (χ0n) is 14.8. The van der Waals surface area contributed by atoms with Crippen molar-refractivity contribution in [2.24, 2.45) is 13.0 Å². The molecule has 2 atom stereocenters. The summed E-state index contributed by atoms with van der Waals surface area (Å²) in [7, 11) is 1.80. The lowest BCUT2D eigenvalue weighted by Crippen LogP contribution is -2.48. The molecule has 6 heteroatoms. The molecule has 1 aliphatic rings. The van der Waals surface area contributed by atoms with Crippen LogP contribution in [-0.4, -0.2) is 33.5 Å². The van der Waals surface area contributed by atoms with Gasteiger partial charge in [-0.25, -0.2) is 4.79 Å². The molecule has 0 bridgehead atoms. The number of aromatic nitrogens is 2. The van der Waals surface area contributed by atoms with Crippen molar-refractivity contribution in [3.05, 3.63) is 53.9 Å². The first kappa shape index (κ1) is 17.5. The lowest BCUT2D eigenvalue weighted by Gasteiger charge is -2.24. The summed E-state index contributed by atoms with van der Waals surface area (Å²) >= 11 is 0. The van der Waals surface area contributed by atoms with Gasteiger partial charge in [0.25, 0.3) is 0 Å². The summed E-state index contributed by atoms with van der Waals surface area (Å²) in [5.41, 5.74) is 0.750. The molecule has 2 amide bonds. The normalized spacial score (nSPS) is 17.6. The van der Waals surface area contributed by atoms with Gasteiger partial charge in [0.05, 0.1) is 12.7 Å². The average molecular weight is 342 g/mol. The fraction of sp³-hybridized carbons (Fsp3) is 0.474. The van der Waals surface area contributed by atoms with Gasteiger partial charge >= 0.3 is 6.03 Å². The van der Waals surface area contributed by atoms with Crippen molar-refractivity contribution in [1.29, 1.82) is 0 Å². The van der Waals surface area contributed by atoms with Gasteiger partial charge in [0.15, 0.2) is 0 Å². The van der Waals surface area contributed by atoms with Gasteiger partial charge in [-0.15, -0.1) is 0 Å². The number of nitrogens with one attached hydrogen (secondary N) is 2. The number of hydrogen-bond acceptors (Lipinski definition) is 3. The van der Waals surface area contributed by atoms with Gasteiger partial charge in [-0.3, -0.25) is 4.68 Å². The zero-order valence-corrected chi connectivity index (χ0v) is 14.8. The molecule has 0 aliphatic heterocycles. The molecule has 1 heterocycles. The highest BCUT2D eigenvalue weighted by atomic mass is 16.3. The van der Waals surface area contributed by atoms with Gasteiger partial charge in [0, 0.05) is 24.8 Å². The van der Waals surface area contributed by atoms with Gasteiger partial charge in [0.2, 0.25) is 0 Å². The highest BCUT2D eigenvalue weighted by Gasteiger charge is 2.33. The molecule has 0 saturated heterocycles. The van der Waals surface area contributed by atoms with E-state index in [4.69, 9.17) is 0 Å². The Balaban J connectivity index is 1.53. The van der Waals surface area contributed by atoms with E-state index in [1.807, 2.05) is 18.2 Å². The standard InChI is InChI=1S/C19H26N4O2/c1-19(25,16-11-21-23(2)12-16)13-20-18(24)22-17(15-8-9-15)10-14-6-4-3-5-7-14/h3-7,11-12,15,17,25H,8-10,13H2,1-2H3,(H2,20,22,24)/t17-,19+/m1/s1. The molecule has 1 aromatic carbocycles. The summed E-state index contributed by atoms with van der Waals surface area (Å²) in [6.45, 7) is 1.81. The molecule has 2 aromatic rings. The maximum Gasteiger partial charge on any atom is 0.315 e. The molecule has 1 saturated carbocycles. The van der Waals surface area contributed by atoms with Gasteiger partial charge < -0.3 is 15.7 Å². The zero-order chi connectivity index (χ0) is 17.9. The number of hydrogen-bond donors (Lipinski definition) is 3. The Morgan fingerprint density at radius 1 is 1.40 bits per heavy atom. The van der Waals surface area contributed by atoms with Crippen LogP contribution in [-0.2, 0) is 19.1 Å². The van der Waals surface area contributed by atoms with Crippen LogP contribution in [0.3, 0.4) is 0 Å².